The van der Waals surface area contributed by atoms with Gasteiger partial charge in [0.05, 0.1) is 35.2 Å². The Balaban J connectivity index is 1.34. The molecule has 1 spiro atoms. The second-order valence-electron chi connectivity index (χ2n) is 12.2. The molecule has 2 fully saturated rings. The molecule has 7 nitrogen and oxygen atoms in total. The van der Waals surface area contributed by atoms with E-state index in [-0.39, 0.29) is 52.3 Å². The molecule has 2 aliphatic carbocycles. The van der Waals surface area contributed by atoms with E-state index in [0.29, 0.717) is 25.5 Å². The average Bonchev–Trinajstić information content (AvgIpc) is 3.72. The fourth-order valence-electron chi connectivity index (χ4n) is 6.85. The Morgan fingerprint density at radius 3 is 2.47 bits per heavy atom. The molecule has 0 aromatic heterocycles. The van der Waals surface area contributed by atoms with Crippen molar-refractivity contribution in [3.05, 3.63) is 72.0 Å². The van der Waals surface area contributed by atoms with Gasteiger partial charge in [-0.25, -0.2) is 12.8 Å². The fraction of sp³-hybridized carbons (Fsp3) is 0.424. The van der Waals surface area contributed by atoms with Crippen LogP contribution in [0.5, 0.6) is 11.5 Å². The van der Waals surface area contributed by atoms with E-state index >= 15 is 0 Å². The Morgan fingerprint density at radius 1 is 1.04 bits per heavy atom. The lowest BCUT2D eigenvalue weighted by Gasteiger charge is -2.41. The van der Waals surface area contributed by atoms with Gasteiger partial charge in [0.2, 0.25) is 0 Å². The summed E-state index contributed by atoms with van der Waals surface area (Å²) in [6.45, 7) is -1.39. The van der Waals surface area contributed by atoms with Crippen LogP contribution in [0.2, 0.25) is 0 Å². The van der Waals surface area contributed by atoms with Crippen LogP contribution in [0.1, 0.15) is 44.6 Å². The van der Waals surface area contributed by atoms with Crippen LogP contribution in [0.15, 0.2) is 65.6 Å². The van der Waals surface area contributed by atoms with Gasteiger partial charge < -0.3 is 14.2 Å². The van der Waals surface area contributed by atoms with Gasteiger partial charge in [-0.05, 0) is 104 Å². The maximum atomic E-state index is 14.4. The van der Waals surface area contributed by atoms with Crippen molar-refractivity contribution in [3.63, 3.8) is 0 Å². The monoisotopic (exact) mass is 683 g/mol. The first-order valence-electron chi connectivity index (χ1n) is 15.1. The maximum absolute atomic E-state index is 14.4. The zero-order valence-corrected chi connectivity index (χ0v) is 25.9. The summed E-state index contributed by atoms with van der Waals surface area (Å²) >= 11 is 0. The Morgan fingerprint density at radius 2 is 1.79 bits per heavy atom. The number of carbonyl (C=O) groups excluding carboxylic acids is 1. The molecule has 0 bridgehead atoms. The molecule has 3 aromatic carbocycles. The SMILES string of the molecule is CCOC(=O)C1CC12CCC(C1CN(S(=O)(=O)c3cccc(C(F)(F)F)c3)c3cc(-c4cc(F)cc(OC(F)F)c4)ccc3O1)CC2. The van der Waals surface area contributed by atoms with Crippen LogP contribution in [0.4, 0.5) is 32.0 Å². The van der Waals surface area contributed by atoms with E-state index in [1.807, 2.05) is 0 Å². The first-order valence-corrected chi connectivity index (χ1v) is 16.6. The second-order valence-corrected chi connectivity index (χ2v) is 14.0. The number of sulfonamides is 1. The summed E-state index contributed by atoms with van der Waals surface area (Å²) in [4.78, 5) is 11.8. The molecule has 3 aliphatic rings. The molecule has 0 N–H and O–H groups in total. The van der Waals surface area contributed by atoms with Crippen LogP contribution in [0.25, 0.3) is 11.1 Å². The molecule has 47 heavy (non-hydrogen) atoms. The van der Waals surface area contributed by atoms with Gasteiger partial charge in [0.1, 0.15) is 23.4 Å². The third-order valence-electron chi connectivity index (χ3n) is 9.34. The van der Waals surface area contributed by atoms with Gasteiger partial charge in [0.15, 0.2) is 0 Å². The topological polar surface area (TPSA) is 82.1 Å². The Bertz CT molecular complexity index is 1770. The molecule has 14 heteroatoms. The average molecular weight is 684 g/mol. The normalized spacial score (nSPS) is 24.1. The molecule has 2 unspecified atom stereocenters. The summed E-state index contributed by atoms with van der Waals surface area (Å²) in [6, 6.07) is 10.7. The molecule has 6 rings (SSSR count). The molecule has 0 amide bonds. The van der Waals surface area contributed by atoms with Crippen molar-refractivity contribution in [1.29, 1.82) is 0 Å². The molecule has 252 valence electrons. The molecule has 3 aromatic rings. The number of carbonyl (C=O) groups is 1. The number of hydrogen-bond donors (Lipinski definition) is 0. The number of benzene rings is 3. The minimum Gasteiger partial charge on any atom is -0.486 e. The number of fused-ring (bicyclic) bond motifs is 1. The van der Waals surface area contributed by atoms with Gasteiger partial charge in [-0.3, -0.25) is 9.10 Å². The highest BCUT2D eigenvalue weighted by Crippen LogP contribution is 2.63. The van der Waals surface area contributed by atoms with E-state index in [4.69, 9.17) is 9.47 Å². The Labute approximate surface area is 267 Å². The standard InChI is InChI=1S/C33H31F6NO6S/c1-2-44-30(41)26-17-32(26)10-8-19(9-11-32)29-18-40(47(42,43)25-5-3-4-22(15-25)33(37,38)39)27-14-20(6-7-28(27)46-29)21-12-23(34)16-24(13-21)45-31(35)36/h3-7,12-16,19,26,29,31H,2,8-11,17-18H2,1H3. The van der Waals surface area contributed by atoms with Crippen molar-refractivity contribution < 1.29 is 53.8 Å². The molecule has 0 radical (unpaired) electrons. The molecular weight excluding hydrogens is 652 g/mol. The second kappa shape index (κ2) is 12.3. The Hall–Kier alpha value is -3.94. The smallest absolute Gasteiger partial charge is 0.416 e. The minimum absolute atomic E-state index is 0.00593. The van der Waals surface area contributed by atoms with E-state index in [0.717, 1.165) is 60.0 Å². The van der Waals surface area contributed by atoms with E-state index in [2.05, 4.69) is 4.74 Å². The highest BCUT2D eigenvalue weighted by molar-refractivity contribution is 7.92. The van der Waals surface area contributed by atoms with E-state index in [1.54, 1.807) is 6.92 Å². The molecular formula is C33H31F6NO6S. The largest absolute Gasteiger partial charge is 0.486 e. The summed E-state index contributed by atoms with van der Waals surface area (Å²) in [7, 11) is -4.60. The third-order valence-corrected chi connectivity index (χ3v) is 11.1. The molecule has 1 heterocycles. The zero-order chi connectivity index (χ0) is 33.7. The number of rotatable bonds is 8. The number of hydrogen-bond acceptors (Lipinski definition) is 6. The molecule has 0 saturated heterocycles. The number of alkyl halides is 5. The number of halogens is 6. The summed E-state index contributed by atoms with van der Waals surface area (Å²) < 4.78 is 126. The molecule has 2 saturated carbocycles. The predicted molar refractivity (Wildman–Crippen MR) is 158 cm³/mol. The summed E-state index contributed by atoms with van der Waals surface area (Å²) in [5.74, 6) is -1.69. The van der Waals surface area contributed by atoms with Crippen LogP contribution in [-0.4, -0.2) is 40.3 Å². The number of ether oxygens (including phenoxy) is 3. The van der Waals surface area contributed by atoms with Crippen molar-refractivity contribution in [2.75, 3.05) is 17.5 Å². The van der Waals surface area contributed by atoms with Gasteiger partial charge in [-0.1, -0.05) is 12.1 Å². The lowest BCUT2D eigenvalue weighted by atomic mass is 9.76. The molecule has 1 aliphatic heterocycles. The van der Waals surface area contributed by atoms with Gasteiger partial charge in [-0.15, -0.1) is 0 Å². The van der Waals surface area contributed by atoms with Crippen molar-refractivity contribution in [2.45, 2.75) is 62.8 Å². The van der Waals surface area contributed by atoms with E-state index < -0.39 is 50.9 Å². The number of nitrogens with zero attached hydrogens (tertiary/aromatic N) is 1. The van der Waals surface area contributed by atoms with Crippen LogP contribution in [0, 0.1) is 23.1 Å². The third kappa shape index (κ3) is 6.61. The highest BCUT2D eigenvalue weighted by Gasteiger charge is 2.60. The predicted octanol–water partition coefficient (Wildman–Crippen LogP) is 7.83. The van der Waals surface area contributed by atoms with Gasteiger partial charge in [-0.2, -0.15) is 22.0 Å². The maximum Gasteiger partial charge on any atom is 0.416 e. The van der Waals surface area contributed by atoms with Crippen molar-refractivity contribution in [3.8, 4) is 22.6 Å². The summed E-state index contributed by atoms with van der Waals surface area (Å²) in [5.41, 5.74) is -0.964. The lowest BCUT2D eigenvalue weighted by Crippen LogP contribution is -2.47. The van der Waals surface area contributed by atoms with Crippen LogP contribution >= 0.6 is 0 Å². The van der Waals surface area contributed by atoms with Crippen molar-refractivity contribution >= 4 is 21.7 Å². The summed E-state index contributed by atoms with van der Waals surface area (Å²) in [6.07, 6.45) is -2.00. The van der Waals surface area contributed by atoms with Crippen molar-refractivity contribution in [2.24, 2.45) is 17.3 Å². The van der Waals surface area contributed by atoms with Gasteiger partial charge in [0, 0.05) is 6.07 Å². The minimum atomic E-state index is -4.79. The van der Waals surface area contributed by atoms with Crippen LogP contribution in [-0.2, 0) is 25.7 Å². The first-order chi connectivity index (χ1) is 22.2. The fourth-order valence-corrected chi connectivity index (χ4v) is 8.38. The summed E-state index contributed by atoms with van der Waals surface area (Å²) in [5, 5.41) is 0. The van der Waals surface area contributed by atoms with Crippen LogP contribution < -0.4 is 13.8 Å². The Kier molecular flexibility index (Phi) is 8.60. The van der Waals surface area contributed by atoms with Gasteiger partial charge >= 0.3 is 18.8 Å². The van der Waals surface area contributed by atoms with Crippen LogP contribution in [0.3, 0.4) is 0 Å². The van der Waals surface area contributed by atoms with Gasteiger partial charge in [0.25, 0.3) is 10.0 Å². The lowest BCUT2D eigenvalue weighted by molar-refractivity contribution is -0.146. The highest BCUT2D eigenvalue weighted by atomic mass is 32.2. The van der Waals surface area contributed by atoms with Crippen molar-refractivity contribution in [1.82, 2.24) is 0 Å². The zero-order valence-electron chi connectivity index (χ0n) is 25.1. The number of anilines is 1. The quantitative estimate of drug-likeness (QED) is 0.178. The molecule has 2 atom stereocenters. The first kappa shape index (κ1) is 33.0. The van der Waals surface area contributed by atoms with E-state index in [9.17, 15) is 39.6 Å². The number of esters is 1. The van der Waals surface area contributed by atoms with E-state index in [1.165, 1.54) is 18.2 Å².